The summed E-state index contributed by atoms with van der Waals surface area (Å²) in [7, 11) is 0. The molecule has 0 saturated carbocycles. The van der Waals surface area contributed by atoms with Crippen LogP contribution in [0.2, 0.25) is 0 Å². The van der Waals surface area contributed by atoms with Gasteiger partial charge in [0, 0.05) is 23.5 Å². The van der Waals surface area contributed by atoms with Crippen molar-refractivity contribution in [2.24, 2.45) is 0 Å². The van der Waals surface area contributed by atoms with Crippen molar-refractivity contribution in [3.05, 3.63) is 40.9 Å². The molecule has 0 aliphatic rings. The molecule has 0 amide bonds. The second-order valence-electron chi connectivity index (χ2n) is 4.26. The second-order valence-corrected chi connectivity index (χ2v) is 5.34. The van der Waals surface area contributed by atoms with E-state index in [2.05, 4.69) is 4.98 Å². The summed E-state index contributed by atoms with van der Waals surface area (Å²) in [4.78, 5) is 17.4. The van der Waals surface area contributed by atoms with E-state index < -0.39 is 0 Å². The molecule has 0 bridgehead atoms. The molecule has 0 unspecified atom stereocenters. The van der Waals surface area contributed by atoms with Crippen molar-refractivity contribution in [2.45, 2.75) is 26.2 Å². The van der Waals surface area contributed by atoms with Gasteiger partial charge in [0.2, 0.25) is 0 Å². The fourth-order valence-corrected chi connectivity index (χ4v) is 2.98. The number of aliphatic hydroxyl groups is 1. The quantitative estimate of drug-likeness (QED) is 0.823. The van der Waals surface area contributed by atoms with Crippen molar-refractivity contribution in [2.75, 3.05) is 6.61 Å². The van der Waals surface area contributed by atoms with Gasteiger partial charge in [0.25, 0.3) is 0 Å². The summed E-state index contributed by atoms with van der Waals surface area (Å²) in [5.41, 5.74) is 1.62. The molecule has 0 atom stereocenters. The Labute approximate surface area is 116 Å². The maximum atomic E-state index is 11.9. The first-order chi connectivity index (χ1) is 9.26. The van der Waals surface area contributed by atoms with Crippen molar-refractivity contribution in [1.29, 1.82) is 0 Å². The number of Topliss-reactive ketones (excluding diaryl/α,β-unsaturated/α-hetero) is 1. The van der Waals surface area contributed by atoms with Crippen molar-refractivity contribution < 1.29 is 9.90 Å². The van der Waals surface area contributed by atoms with Gasteiger partial charge < -0.3 is 5.11 Å². The Bertz CT molecular complexity index is 549. The molecule has 2 rings (SSSR count). The summed E-state index contributed by atoms with van der Waals surface area (Å²) in [6.07, 6.45) is 1.84. The molecule has 0 saturated heterocycles. The van der Waals surface area contributed by atoms with E-state index >= 15 is 0 Å². The fraction of sp³-hybridized carbons (Fsp3) is 0.333. The third-order valence-electron chi connectivity index (χ3n) is 2.87. The van der Waals surface area contributed by atoms with Crippen molar-refractivity contribution >= 4 is 17.1 Å². The first-order valence-electron chi connectivity index (χ1n) is 6.45. The molecule has 19 heavy (non-hydrogen) atoms. The van der Waals surface area contributed by atoms with Crippen LogP contribution in [0.1, 0.15) is 35.1 Å². The minimum absolute atomic E-state index is 0.0753. The second kappa shape index (κ2) is 6.59. The Balaban J connectivity index is 2.36. The van der Waals surface area contributed by atoms with E-state index in [0.717, 1.165) is 15.4 Å². The first-order valence-corrected chi connectivity index (χ1v) is 7.27. The number of carbonyl (C=O) groups excluding carboxylic acids is 1. The molecule has 0 aliphatic heterocycles. The summed E-state index contributed by atoms with van der Waals surface area (Å²) in [6.45, 7) is 1.98. The highest BCUT2D eigenvalue weighted by Gasteiger charge is 2.17. The number of rotatable bonds is 6. The number of carbonyl (C=O) groups is 1. The predicted molar refractivity (Wildman–Crippen MR) is 77.6 cm³/mol. The van der Waals surface area contributed by atoms with Crippen LogP contribution in [0.3, 0.4) is 0 Å². The zero-order chi connectivity index (χ0) is 13.7. The van der Waals surface area contributed by atoms with Gasteiger partial charge in [-0.2, -0.15) is 0 Å². The smallest absolute Gasteiger partial charge is 0.182 e. The van der Waals surface area contributed by atoms with Crippen molar-refractivity contribution in [1.82, 2.24) is 4.98 Å². The van der Waals surface area contributed by atoms with Gasteiger partial charge in [-0.1, -0.05) is 37.3 Å². The molecule has 0 radical (unpaired) electrons. The molecule has 4 heteroatoms. The number of benzene rings is 1. The molecule has 0 aliphatic carbocycles. The lowest BCUT2D eigenvalue weighted by Crippen LogP contribution is -2.01. The van der Waals surface area contributed by atoms with Gasteiger partial charge in [0.05, 0.1) is 0 Å². The Hall–Kier alpha value is -1.52. The SMILES string of the molecule is CCC(=O)c1nc(-c2ccccc2)sc1CCCO. The Kier molecular flexibility index (Phi) is 4.82. The van der Waals surface area contributed by atoms with Gasteiger partial charge in [-0.3, -0.25) is 4.79 Å². The highest BCUT2D eigenvalue weighted by Crippen LogP contribution is 2.29. The highest BCUT2D eigenvalue weighted by molar-refractivity contribution is 7.15. The van der Waals surface area contributed by atoms with E-state index in [9.17, 15) is 4.79 Å². The number of ketones is 1. The van der Waals surface area contributed by atoms with Gasteiger partial charge in [-0.05, 0) is 12.8 Å². The molecule has 3 nitrogen and oxygen atoms in total. The van der Waals surface area contributed by atoms with Crippen LogP contribution in [0.25, 0.3) is 10.6 Å². The number of aliphatic hydroxyl groups excluding tert-OH is 1. The van der Waals surface area contributed by atoms with Crippen LogP contribution in [0.5, 0.6) is 0 Å². The maximum Gasteiger partial charge on any atom is 0.182 e. The number of aromatic nitrogens is 1. The van der Waals surface area contributed by atoms with E-state index in [1.807, 2.05) is 37.3 Å². The molecule has 100 valence electrons. The lowest BCUT2D eigenvalue weighted by molar-refractivity contribution is 0.0983. The van der Waals surface area contributed by atoms with Crippen LogP contribution in [-0.4, -0.2) is 22.5 Å². The molecular formula is C15H17NO2S. The first kappa shape index (κ1) is 13.9. The number of hydrogen-bond donors (Lipinski definition) is 1. The molecule has 1 heterocycles. The highest BCUT2D eigenvalue weighted by atomic mass is 32.1. The van der Waals surface area contributed by atoms with E-state index in [-0.39, 0.29) is 12.4 Å². The van der Waals surface area contributed by atoms with E-state index in [4.69, 9.17) is 5.11 Å². The van der Waals surface area contributed by atoms with Crippen LogP contribution in [0.15, 0.2) is 30.3 Å². The monoisotopic (exact) mass is 275 g/mol. The Morgan fingerprint density at radius 1 is 1.32 bits per heavy atom. The van der Waals surface area contributed by atoms with Crippen LogP contribution >= 0.6 is 11.3 Å². The zero-order valence-corrected chi connectivity index (χ0v) is 11.7. The van der Waals surface area contributed by atoms with Crippen LogP contribution in [-0.2, 0) is 6.42 Å². The van der Waals surface area contributed by atoms with Gasteiger partial charge in [0.15, 0.2) is 5.78 Å². The predicted octanol–water partition coefficient (Wildman–Crippen LogP) is 3.33. The van der Waals surface area contributed by atoms with Gasteiger partial charge >= 0.3 is 0 Å². The zero-order valence-electron chi connectivity index (χ0n) is 10.9. The molecular weight excluding hydrogens is 258 g/mol. The average molecular weight is 275 g/mol. The molecule has 0 fully saturated rings. The summed E-state index contributed by atoms with van der Waals surface area (Å²) >= 11 is 1.55. The van der Waals surface area contributed by atoms with Gasteiger partial charge in [-0.25, -0.2) is 4.98 Å². The fourth-order valence-electron chi connectivity index (χ4n) is 1.85. The lowest BCUT2D eigenvalue weighted by atomic mass is 10.1. The molecule has 1 N–H and O–H groups in total. The van der Waals surface area contributed by atoms with Crippen LogP contribution < -0.4 is 0 Å². The third kappa shape index (κ3) is 3.28. The standard InChI is InChI=1S/C15H17NO2S/c1-2-12(18)14-13(9-6-10-17)19-15(16-14)11-7-4-3-5-8-11/h3-5,7-8,17H,2,6,9-10H2,1H3. The van der Waals surface area contributed by atoms with Crippen LogP contribution in [0.4, 0.5) is 0 Å². The summed E-state index contributed by atoms with van der Waals surface area (Å²) in [5.74, 6) is 0.0753. The van der Waals surface area contributed by atoms with E-state index in [1.165, 1.54) is 0 Å². The molecule has 0 spiro atoms. The summed E-state index contributed by atoms with van der Waals surface area (Å²) in [6, 6.07) is 9.88. The molecule has 1 aromatic carbocycles. The van der Waals surface area contributed by atoms with Gasteiger partial charge in [-0.15, -0.1) is 11.3 Å². The Morgan fingerprint density at radius 2 is 2.05 bits per heavy atom. The van der Waals surface area contributed by atoms with E-state index in [1.54, 1.807) is 11.3 Å². The number of hydrogen-bond acceptors (Lipinski definition) is 4. The minimum atomic E-state index is 0.0753. The Morgan fingerprint density at radius 3 is 2.68 bits per heavy atom. The topological polar surface area (TPSA) is 50.2 Å². The number of thiazole rings is 1. The average Bonchev–Trinajstić information content (AvgIpc) is 2.89. The van der Waals surface area contributed by atoms with Crippen molar-refractivity contribution in [3.63, 3.8) is 0 Å². The normalized spacial score (nSPS) is 10.6. The van der Waals surface area contributed by atoms with E-state index in [0.29, 0.717) is 25.0 Å². The third-order valence-corrected chi connectivity index (χ3v) is 4.03. The summed E-state index contributed by atoms with van der Waals surface area (Å²) in [5, 5.41) is 9.82. The van der Waals surface area contributed by atoms with Crippen LogP contribution in [0, 0.1) is 0 Å². The molecule has 1 aromatic heterocycles. The lowest BCUT2D eigenvalue weighted by Gasteiger charge is -1.97. The van der Waals surface area contributed by atoms with Crippen molar-refractivity contribution in [3.8, 4) is 10.6 Å². The number of aryl methyl sites for hydroxylation is 1. The maximum absolute atomic E-state index is 11.9. The largest absolute Gasteiger partial charge is 0.396 e. The minimum Gasteiger partial charge on any atom is -0.396 e. The van der Waals surface area contributed by atoms with Gasteiger partial charge in [0.1, 0.15) is 10.7 Å². The summed E-state index contributed by atoms with van der Waals surface area (Å²) < 4.78 is 0. The number of nitrogens with zero attached hydrogens (tertiary/aromatic N) is 1. The molecule has 2 aromatic rings.